The molecule has 6 N–H and O–H groups in total. The van der Waals surface area contributed by atoms with Gasteiger partial charge in [0.25, 0.3) is 5.91 Å². The summed E-state index contributed by atoms with van der Waals surface area (Å²) in [5, 5.41) is 22.0. The van der Waals surface area contributed by atoms with E-state index in [-0.39, 0.29) is 37.9 Å². The van der Waals surface area contributed by atoms with E-state index >= 15 is 0 Å². The first-order valence-electron chi connectivity index (χ1n) is 17.4. The Hall–Kier alpha value is -4.53. The lowest BCUT2D eigenvalue weighted by Gasteiger charge is -2.31. The van der Waals surface area contributed by atoms with Crippen molar-refractivity contribution >= 4 is 41.5 Å². The highest BCUT2D eigenvalue weighted by Gasteiger charge is 2.35. The molecule has 50 heavy (non-hydrogen) atoms. The summed E-state index contributed by atoms with van der Waals surface area (Å²) in [6.07, 6.45) is 4.03. The summed E-state index contributed by atoms with van der Waals surface area (Å²) in [6, 6.07) is 3.20. The van der Waals surface area contributed by atoms with Crippen molar-refractivity contribution in [3.63, 3.8) is 0 Å². The summed E-state index contributed by atoms with van der Waals surface area (Å²) in [7, 11) is 0. The second-order valence-electron chi connectivity index (χ2n) is 12.7. The number of alkyl carbamates (subject to hydrolysis) is 1. The Morgan fingerprint density at radius 2 is 1.50 bits per heavy atom. The topological polar surface area (TPSA) is 218 Å². The van der Waals surface area contributed by atoms with E-state index < -0.39 is 72.2 Å². The number of hydrogen-bond acceptors (Lipinski definition) is 9. The highest BCUT2D eigenvalue weighted by atomic mass is 16.5. The molecule has 1 aliphatic carbocycles. The molecular weight excluding hydrogens is 650 g/mol. The molecule has 5 amide bonds. The van der Waals surface area contributed by atoms with Crippen LogP contribution in [0.3, 0.4) is 0 Å². The number of benzene rings is 1. The third-order valence-electron chi connectivity index (χ3n) is 8.14. The number of carboxylic acids is 1. The minimum atomic E-state index is -1.37. The van der Waals surface area contributed by atoms with E-state index in [0.717, 1.165) is 19.3 Å². The maximum Gasteiger partial charge on any atom is 0.407 e. The number of carbonyl (C=O) groups is 7. The number of Topliss-reactive ketones (excluding diaryl/α,β-unsaturated/α-hetero) is 1. The zero-order valence-corrected chi connectivity index (χ0v) is 29.5. The quantitative estimate of drug-likeness (QED) is 0.0810. The van der Waals surface area contributed by atoms with Crippen LogP contribution in [0.15, 0.2) is 30.3 Å². The average Bonchev–Trinajstić information content (AvgIpc) is 3.10. The van der Waals surface area contributed by atoms with E-state index in [1.807, 2.05) is 13.8 Å². The van der Waals surface area contributed by atoms with Crippen LogP contribution in [0.2, 0.25) is 0 Å². The van der Waals surface area contributed by atoms with Gasteiger partial charge >= 0.3 is 12.1 Å². The van der Waals surface area contributed by atoms with Crippen LogP contribution in [0.4, 0.5) is 4.79 Å². The number of nitrogens with one attached hydrogen (secondary N) is 5. The Morgan fingerprint density at radius 1 is 0.840 bits per heavy atom. The van der Waals surface area contributed by atoms with Gasteiger partial charge in [0, 0.05) is 13.2 Å². The van der Waals surface area contributed by atoms with Gasteiger partial charge in [-0.2, -0.15) is 0 Å². The van der Waals surface area contributed by atoms with E-state index in [1.54, 1.807) is 32.0 Å². The molecule has 1 aliphatic rings. The minimum absolute atomic E-state index is 0.0478. The molecule has 0 heterocycles. The van der Waals surface area contributed by atoms with Crippen LogP contribution in [0, 0.1) is 11.8 Å². The first kappa shape index (κ1) is 41.6. The average molecular weight is 704 g/mol. The van der Waals surface area contributed by atoms with Crippen LogP contribution in [0.25, 0.3) is 0 Å². The summed E-state index contributed by atoms with van der Waals surface area (Å²) in [6.45, 7) is 7.26. The molecule has 2 rings (SSSR count). The molecule has 0 bridgehead atoms. The number of carboxylic acid groups (broad SMARTS) is 1. The molecule has 278 valence electrons. The molecule has 1 fully saturated rings. The molecule has 1 saturated carbocycles. The number of hydrogen-bond donors (Lipinski definition) is 6. The van der Waals surface area contributed by atoms with Gasteiger partial charge in [-0.05, 0) is 50.0 Å². The van der Waals surface area contributed by atoms with Crippen molar-refractivity contribution in [3.05, 3.63) is 35.9 Å². The molecule has 0 radical (unpaired) electrons. The van der Waals surface area contributed by atoms with Gasteiger partial charge in [0.1, 0.15) is 12.1 Å². The van der Waals surface area contributed by atoms with Crippen molar-refractivity contribution in [1.29, 1.82) is 0 Å². The van der Waals surface area contributed by atoms with Crippen molar-refractivity contribution in [3.8, 4) is 0 Å². The standard InChI is InChI=1S/C35H53N5O10/c1-5-13-25(30(42)33(45)36-20-27(41)39-29(34(46)47)24-16-11-8-12-17-24)37-31(43)26(18-19-49-6-2)38-32(44)28(23-14-9-7-10-15-23)40-35(48)50-21-22(3)4/h8,11-12,16-17,22-23,25-26,28-29H,5-7,9-10,13-15,18-21H2,1-4H3,(H,36,45)(H,37,43)(H,38,44)(H,39,41)(H,40,48)(H,46,47)/t25?,26-,28-,29?/m0/s1. The fourth-order valence-corrected chi connectivity index (χ4v) is 5.53. The van der Waals surface area contributed by atoms with E-state index in [0.29, 0.717) is 31.4 Å². The van der Waals surface area contributed by atoms with Crippen LogP contribution < -0.4 is 26.6 Å². The molecule has 4 atom stereocenters. The first-order valence-corrected chi connectivity index (χ1v) is 17.4. The molecule has 15 nitrogen and oxygen atoms in total. The third kappa shape index (κ3) is 14.5. The zero-order chi connectivity index (χ0) is 37.1. The summed E-state index contributed by atoms with van der Waals surface area (Å²) in [5.74, 6) is -5.70. The number of rotatable bonds is 21. The SMILES string of the molecule is CCCC(NC(=O)[C@H](CCOCC)NC(=O)[C@@H](NC(=O)OCC(C)C)C1CCCCC1)C(=O)C(=O)NCC(=O)NC(C(=O)O)c1ccccc1. The fraction of sp³-hybridized carbons (Fsp3) is 0.629. The second-order valence-corrected chi connectivity index (χ2v) is 12.7. The Balaban J connectivity index is 2.12. The minimum Gasteiger partial charge on any atom is -0.479 e. The highest BCUT2D eigenvalue weighted by Crippen LogP contribution is 2.27. The Kier molecular flexibility index (Phi) is 18.5. The zero-order valence-electron chi connectivity index (χ0n) is 29.5. The van der Waals surface area contributed by atoms with Crippen molar-refractivity contribution in [2.45, 2.75) is 103 Å². The summed E-state index contributed by atoms with van der Waals surface area (Å²) in [5.41, 5.74) is 0.319. The van der Waals surface area contributed by atoms with E-state index in [2.05, 4.69) is 26.6 Å². The van der Waals surface area contributed by atoms with Crippen molar-refractivity contribution in [1.82, 2.24) is 26.6 Å². The lowest BCUT2D eigenvalue weighted by molar-refractivity contribution is -0.142. The van der Waals surface area contributed by atoms with E-state index in [4.69, 9.17) is 9.47 Å². The van der Waals surface area contributed by atoms with E-state index in [9.17, 15) is 38.7 Å². The molecule has 2 unspecified atom stereocenters. The normalized spacial score (nSPS) is 15.5. The van der Waals surface area contributed by atoms with Crippen LogP contribution >= 0.6 is 0 Å². The summed E-state index contributed by atoms with van der Waals surface area (Å²) >= 11 is 0. The first-order chi connectivity index (χ1) is 23.9. The summed E-state index contributed by atoms with van der Waals surface area (Å²) in [4.78, 5) is 90.0. The van der Waals surface area contributed by atoms with Crippen molar-refractivity contribution in [2.24, 2.45) is 11.8 Å². The maximum atomic E-state index is 13.7. The Morgan fingerprint density at radius 3 is 2.10 bits per heavy atom. The third-order valence-corrected chi connectivity index (χ3v) is 8.14. The smallest absolute Gasteiger partial charge is 0.407 e. The Bertz CT molecular complexity index is 1290. The monoisotopic (exact) mass is 703 g/mol. The van der Waals surface area contributed by atoms with Gasteiger partial charge in [-0.15, -0.1) is 0 Å². The van der Waals surface area contributed by atoms with Crippen molar-refractivity contribution in [2.75, 3.05) is 26.4 Å². The molecule has 1 aromatic rings. The lowest BCUT2D eigenvalue weighted by atomic mass is 9.83. The predicted octanol–water partition coefficient (Wildman–Crippen LogP) is 2.14. The lowest BCUT2D eigenvalue weighted by Crippen LogP contribution is -2.58. The highest BCUT2D eigenvalue weighted by molar-refractivity contribution is 6.38. The molecule has 0 aromatic heterocycles. The largest absolute Gasteiger partial charge is 0.479 e. The fourth-order valence-electron chi connectivity index (χ4n) is 5.53. The summed E-state index contributed by atoms with van der Waals surface area (Å²) < 4.78 is 10.7. The van der Waals surface area contributed by atoms with Gasteiger partial charge in [0.05, 0.1) is 19.2 Å². The molecule has 1 aromatic carbocycles. The Labute approximate surface area is 293 Å². The van der Waals surface area contributed by atoms with Crippen LogP contribution in [-0.2, 0) is 38.2 Å². The van der Waals surface area contributed by atoms with Crippen LogP contribution in [0.5, 0.6) is 0 Å². The van der Waals surface area contributed by atoms with Gasteiger partial charge in [-0.25, -0.2) is 9.59 Å². The van der Waals surface area contributed by atoms with Crippen LogP contribution in [-0.4, -0.2) is 91.1 Å². The number of amides is 5. The van der Waals surface area contributed by atoms with E-state index in [1.165, 1.54) is 12.1 Å². The predicted molar refractivity (Wildman–Crippen MR) is 183 cm³/mol. The number of ketones is 1. The second kappa shape index (κ2) is 22.2. The number of carbonyl (C=O) groups excluding carboxylic acids is 6. The van der Waals surface area contributed by atoms with Gasteiger partial charge in [-0.3, -0.25) is 24.0 Å². The number of aliphatic carboxylic acids is 1. The molecule has 0 spiro atoms. The van der Waals surface area contributed by atoms with Gasteiger partial charge < -0.3 is 41.2 Å². The number of ether oxygens (including phenoxy) is 2. The molecule has 0 saturated heterocycles. The van der Waals surface area contributed by atoms with Crippen molar-refractivity contribution < 1.29 is 48.1 Å². The maximum absolute atomic E-state index is 13.7. The molecule has 15 heteroatoms. The van der Waals surface area contributed by atoms with Gasteiger partial charge in [0.15, 0.2) is 6.04 Å². The molecule has 0 aliphatic heterocycles. The molecular formula is C35H53N5O10. The van der Waals surface area contributed by atoms with Gasteiger partial charge in [-0.1, -0.05) is 76.8 Å². The van der Waals surface area contributed by atoms with Crippen LogP contribution in [0.1, 0.15) is 90.7 Å². The van der Waals surface area contributed by atoms with Gasteiger partial charge in [0.2, 0.25) is 23.5 Å².